The molecule has 172 valence electrons. The lowest BCUT2D eigenvalue weighted by Gasteiger charge is -2.44. The highest BCUT2D eigenvalue weighted by atomic mass is 19.4. The van der Waals surface area contributed by atoms with Crippen LogP contribution in [0.2, 0.25) is 0 Å². The molecule has 2 unspecified atom stereocenters. The van der Waals surface area contributed by atoms with Crippen LogP contribution in [0.4, 0.5) is 18.0 Å². The molecule has 1 aliphatic heterocycles. The van der Waals surface area contributed by atoms with E-state index in [0.29, 0.717) is 24.2 Å². The van der Waals surface area contributed by atoms with E-state index in [1.54, 1.807) is 24.3 Å². The number of methoxy groups -OCH3 is 1. The van der Waals surface area contributed by atoms with Gasteiger partial charge in [0.2, 0.25) is 0 Å². The summed E-state index contributed by atoms with van der Waals surface area (Å²) in [6.45, 7) is 4.41. The zero-order chi connectivity index (χ0) is 23.0. The second-order valence-corrected chi connectivity index (χ2v) is 9.69. The van der Waals surface area contributed by atoms with Crippen molar-refractivity contribution in [3.05, 3.63) is 29.8 Å². The van der Waals surface area contributed by atoms with E-state index >= 15 is 0 Å². The van der Waals surface area contributed by atoms with Gasteiger partial charge >= 0.3 is 12.2 Å². The smallest absolute Gasteiger partial charge is 0.401 e. The Morgan fingerprint density at radius 2 is 1.84 bits per heavy atom. The fourth-order valence-corrected chi connectivity index (χ4v) is 5.23. The van der Waals surface area contributed by atoms with Crippen LogP contribution < -0.4 is 10.1 Å². The standard InChI is InChI=1S/C22H30F3N3O3/c1-15-9-20(2,3)12-21(10-15)18(29)28(19(30)26-21)14-27(13-22(23,24)25)11-16-5-7-17(31-4)8-6-16/h5-8,15H,9-14H2,1-4H3,(H,26,30). The van der Waals surface area contributed by atoms with Crippen molar-refractivity contribution in [3.8, 4) is 5.75 Å². The van der Waals surface area contributed by atoms with Crippen LogP contribution in [0.5, 0.6) is 5.75 Å². The number of carbonyl (C=O) groups is 2. The summed E-state index contributed by atoms with van der Waals surface area (Å²) in [5.74, 6) is 0.383. The van der Waals surface area contributed by atoms with Gasteiger partial charge in [-0.1, -0.05) is 32.9 Å². The zero-order valence-corrected chi connectivity index (χ0v) is 18.4. The lowest BCUT2D eigenvalue weighted by molar-refractivity contribution is -0.155. The maximum atomic E-state index is 13.3. The fraction of sp³-hybridized carbons (Fsp3) is 0.636. The van der Waals surface area contributed by atoms with E-state index in [2.05, 4.69) is 5.32 Å². The van der Waals surface area contributed by atoms with Crippen LogP contribution in [0.25, 0.3) is 0 Å². The molecular formula is C22H30F3N3O3. The van der Waals surface area contributed by atoms with Crippen LogP contribution in [-0.4, -0.2) is 53.8 Å². The van der Waals surface area contributed by atoms with E-state index in [1.807, 2.05) is 20.8 Å². The van der Waals surface area contributed by atoms with Crippen molar-refractivity contribution in [2.75, 3.05) is 20.3 Å². The van der Waals surface area contributed by atoms with Crippen LogP contribution >= 0.6 is 0 Å². The summed E-state index contributed by atoms with van der Waals surface area (Å²) in [6.07, 6.45) is -2.57. The molecule has 2 aliphatic rings. The number of carbonyl (C=O) groups excluding carboxylic acids is 2. The van der Waals surface area contributed by atoms with Gasteiger partial charge in [0.1, 0.15) is 11.3 Å². The Labute approximate surface area is 180 Å². The van der Waals surface area contributed by atoms with E-state index in [9.17, 15) is 22.8 Å². The first kappa shape index (κ1) is 23.4. The number of halogens is 3. The van der Waals surface area contributed by atoms with Crippen molar-refractivity contribution < 1.29 is 27.5 Å². The second kappa shape index (κ2) is 8.33. The van der Waals surface area contributed by atoms with Gasteiger partial charge in [-0.05, 0) is 48.3 Å². The average Bonchev–Trinajstić information content (AvgIpc) is 2.82. The first-order valence-corrected chi connectivity index (χ1v) is 10.4. The number of amides is 3. The Hall–Kier alpha value is -2.29. The van der Waals surface area contributed by atoms with Crippen molar-refractivity contribution in [3.63, 3.8) is 0 Å². The average molecular weight is 441 g/mol. The Kier molecular flexibility index (Phi) is 6.28. The molecule has 1 aliphatic carbocycles. The molecule has 1 saturated heterocycles. The van der Waals surface area contributed by atoms with Crippen LogP contribution in [0.3, 0.4) is 0 Å². The molecule has 3 amide bonds. The molecule has 2 atom stereocenters. The van der Waals surface area contributed by atoms with Crippen molar-refractivity contribution in [1.29, 1.82) is 0 Å². The Morgan fingerprint density at radius 1 is 1.19 bits per heavy atom. The number of hydrogen-bond donors (Lipinski definition) is 1. The van der Waals surface area contributed by atoms with Crippen molar-refractivity contribution in [2.45, 2.75) is 58.3 Å². The molecule has 0 aromatic heterocycles. The molecule has 1 aromatic rings. The van der Waals surface area contributed by atoms with Gasteiger partial charge in [-0.25, -0.2) is 9.69 Å². The van der Waals surface area contributed by atoms with Crippen LogP contribution in [0.1, 0.15) is 45.6 Å². The number of imide groups is 1. The molecule has 2 fully saturated rings. The monoisotopic (exact) mass is 441 g/mol. The van der Waals surface area contributed by atoms with E-state index < -0.39 is 36.9 Å². The maximum Gasteiger partial charge on any atom is 0.401 e. The summed E-state index contributed by atoms with van der Waals surface area (Å²) in [5.41, 5.74) is -0.563. The molecule has 31 heavy (non-hydrogen) atoms. The van der Waals surface area contributed by atoms with Crippen molar-refractivity contribution in [1.82, 2.24) is 15.1 Å². The summed E-state index contributed by atoms with van der Waals surface area (Å²) < 4.78 is 44.8. The molecular weight excluding hydrogens is 411 g/mol. The molecule has 9 heteroatoms. The Bertz CT molecular complexity index is 826. The minimum atomic E-state index is -4.47. The minimum absolute atomic E-state index is 0.0601. The van der Waals surface area contributed by atoms with Gasteiger partial charge < -0.3 is 10.1 Å². The van der Waals surface area contributed by atoms with Crippen LogP contribution in [0.15, 0.2) is 24.3 Å². The molecule has 1 spiro atoms. The third-order valence-corrected chi connectivity index (χ3v) is 5.93. The maximum absolute atomic E-state index is 13.3. The number of alkyl halides is 3. The number of nitrogens with zero attached hydrogens (tertiary/aromatic N) is 2. The zero-order valence-electron chi connectivity index (χ0n) is 18.4. The van der Waals surface area contributed by atoms with Gasteiger partial charge in [0, 0.05) is 6.54 Å². The molecule has 3 rings (SSSR count). The first-order valence-electron chi connectivity index (χ1n) is 10.4. The summed E-state index contributed by atoms with van der Waals surface area (Å²) in [6, 6.07) is 6.03. The van der Waals surface area contributed by atoms with Crippen molar-refractivity contribution in [2.24, 2.45) is 11.3 Å². The predicted molar refractivity (Wildman–Crippen MR) is 109 cm³/mol. The molecule has 1 N–H and O–H groups in total. The predicted octanol–water partition coefficient (Wildman–Crippen LogP) is 4.15. The quantitative estimate of drug-likeness (QED) is 0.674. The number of nitrogens with one attached hydrogen (secondary N) is 1. The van der Waals surface area contributed by atoms with Gasteiger partial charge in [-0.2, -0.15) is 13.2 Å². The number of rotatable bonds is 6. The summed E-state index contributed by atoms with van der Waals surface area (Å²) in [5, 5.41) is 2.82. The highest BCUT2D eigenvalue weighted by Gasteiger charge is 2.56. The highest BCUT2D eigenvalue weighted by molar-refractivity contribution is 6.07. The summed E-state index contributed by atoms with van der Waals surface area (Å²) >= 11 is 0. The molecule has 1 saturated carbocycles. The van der Waals surface area contributed by atoms with Crippen LogP contribution in [0, 0.1) is 11.3 Å². The topological polar surface area (TPSA) is 61.9 Å². The number of ether oxygens (including phenoxy) is 1. The highest BCUT2D eigenvalue weighted by Crippen LogP contribution is 2.46. The Balaban J connectivity index is 1.79. The number of urea groups is 1. The molecule has 1 heterocycles. The minimum Gasteiger partial charge on any atom is -0.497 e. The van der Waals surface area contributed by atoms with E-state index in [1.165, 1.54) is 7.11 Å². The van der Waals surface area contributed by atoms with Crippen LogP contribution in [-0.2, 0) is 11.3 Å². The first-order chi connectivity index (χ1) is 14.3. The van der Waals surface area contributed by atoms with E-state index in [0.717, 1.165) is 16.2 Å². The molecule has 0 bridgehead atoms. The van der Waals surface area contributed by atoms with Gasteiger partial charge in [0.25, 0.3) is 5.91 Å². The number of hydrogen-bond acceptors (Lipinski definition) is 4. The fourth-order valence-electron chi connectivity index (χ4n) is 5.23. The normalized spacial score (nSPS) is 25.9. The molecule has 1 aromatic carbocycles. The summed E-state index contributed by atoms with van der Waals surface area (Å²) in [7, 11) is 1.51. The van der Waals surface area contributed by atoms with Gasteiger partial charge in [-0.15, -0.1) is 0 Å². The van der Waals surface area contributed by atoms with E-state index in [-0.39, 0.29) is 17.9 Å². The van der Waals surface area contributed by atoms with Gasteiger partial charge in [0.05, 0.1) is 20.3 Å². The lowest BCUT2D eigenvalue weighted by Crippen LogP contribution is -2.54. The molecule has 0 radical (unpaired) electrons. The van der Waals surface area contributed by atoms with E-state index in [4.69, 9.17) is 4.74 Å². The third kappa shape index (κ3) is 5.50. The van der Waals surface area contributed by atoms with Crippen molar-refractivity contribution >= 4 is 11.9 Å². The second-order valence-electron chi connectivity index (χ2n) is 9.69. The molecule has 6 nitrogen and oxygen atoms in total. The number of benzene rings is 1. The lowest BCUT2D eigenvalue weighted by atomic mass is 9.64. The van der Waals surface area contributed by atoms with Gasteiger partial charge in [-0.3, -0.25) is 9.69 Å². The SMILES string of the molecule is COc1ccc(CN(CN2C(=O)NC3(CC(C)CC(C)(C)C3)C2=O)CC(F)(F)F)cc1. The Morgan fingerprint density at radius 3 is 2.39 bits per heavy atom. The van der Waals surface area contributed by atoms with Gasteiger partial charge in [0.15, 0.2) is 0 Å². The summed E-state index contributed by atoms with van der Waals surface area (Å²) in [4.78, 5) is 28.0. The largest absolute Gasteiger partial charge is 0.497 e. The third-order valence-electron chi connectivity index (χ3n) is 5.93.